The van der Waals surface area contributed by atoms with Crippen LogP contribution in [0.2, 0.25) is 0 Å². The smallest absolute Gasteiger partial charge is 0.201 e. The van der Waals surface area contributed by atoms with E-state index in [2.05, 4.69) is 20.8 Å². The summed E-state index contributed by atoms with van der Waals surface area (Å²) in [5, 5.41) is 50.5. The van der Waals surface area contributed by atoms with Crippen LogP contribution >= 0.6 is 0 Å². The summed E-state index contributed by atoms with van der Waals surface area (Å²) in [5.74, 6) is 0.925. The summed E-state index contributed by atoms with van der Waals surface area (Å²) in [6.45, 7) is 0. The van der Waals surface area contributed by atoms with Crippen LogP contribution in [0.15, 0.2) is 88.1 Å². The number of amidine groups is 1. The van der Waals surface area contributed by atoms with Crippen molar-refractivity contribution < 1.29 is 25.6 Å². The van der Waals surface area contributed by atoms with Crippen molar-refractivity contribution >= 4 is 28.6 Å². The molecule has 0 aromatic heterocycles. The fourth-order valence-electron chi connectivity index (χ4n) is 2.47. The second kappa shape index (κ2) is 10.4. The summed E-state index contributed by atoms with van der Waals surface area (Å²) in [7, 11) is 1.56. The number of nitrogens with one attached hydrogen (secondary N) is 3. The molecule has 0 amide bonds. The van der Waals surface area contributed by atoms with Crippen molar-refractivity contribution in [2.75, 3.05) is 12.5 Å². The molecule has 31 heavy (non-hydrogen) atoms. The third-order valence-electron chi connectivity index (χ3n) is 4.15. The first-order valence-electron chi connectivity index (χ1n) is 9.03. The van der Waals surface area contributed by atoms with E-state index >= 15 is 0 Å². The van der Waals surface area contributed by atoms with Gasteiger partial charge >= 0.3 is 0 Å². The molecule has 0 aliphatic carbocycles. The minimum Gasteiger partial charge on any atom is -0.595 e. The maximum atomic E-state index is 11.0. The fourth-order valence-corrected chi connectivity index (χ4v) is 2.47. The fraction of sp³-hybridized carbons (Fsp3) is 0.0500. The number of ether oxygens (including phenoxy) is 1. The SMILES string of the molecule is COc1ccc(C(N=Nc2ccc([NH+]([O-])O)cc2)=NNc2ccc([NH+]([O-])O)cc2)cc1. The molecule has 3 aromatic carbocycles. The van der Waals surface area contributed by atoms with Gasteiger partial charge in [0.2, 0.25) is 5.84 Å². The average molecular weight is 424 g/mol. The monoisotopic (exact) mass is 424 g/mol. The van der Waals surface area contributed by atoms with Gasteiger partial charge in [0, 0.05) is 29.8 Å². The van der Waals surface area contributed by atoms with Gasteiger partial charge in [0.1, 0.15) is 5.75 Å². The normalized spacial score (nSPS) is 13.8. The largest absolute Gasteiger partial charge is 0.595 e. The van der Waals surface area contributed by atoms with E-state index in [0.717, 1.165) is 0 Å². The summed E-state index contributed by atoms with van der Waals surface area (Å²) in [6, 6.07) is 19.1. The number of benzene rings is 3. The van der Waals surface area contributed by atoms with Crippen molar-refractivity contribution in [1.29, 1.82) is 0 Å². The number of methoxy groups -OCH3 is 1. The molecule has 3 aromatic rings. The number of rotatable bonds is 7. The molecule has 0 radical (unpaired) electrons. The summed E-state index contributed by atoms with van der Waals surface area (Å²) >= 11 is 0. The molecular formula is C20H20N6O5. The van der Waals surface area contributed by atoms with Crippen LogP contribution in [-0.4, -0.2) is 23.4 Å². The van der Waals surface area contributed by atoms with Crippen LogP contribution < -0.4 is 20.6 Å². The molecule has 0 saturated heterocycles. The molecule has 0 saturated carbocycles. The van der Waals surface area contributed by atoms with E-state index in [0.29, 0.717) is 22.7 Å². The quantitative estimate of drug-likeness (QED) is 0.169. The van der Waals surface area contributed by atoms with E-state index in [1.165, 1.54) is 36.4 Å². The van der Waals surface area contributed by atoms with Crippen LogP contribution in [0, 0.1) is 10.4 Å². The van der Waals surface area contributed by atoms with Gasteiger partial charge in [-0.25, -0.2) is 10.4 Å². The molecule has 0 fully saturated rings. The standard InChI is InChI=1S/C20H20N6O5/c1-31-19-12-2-14(3-13-19)20(23-21-15-4-8-17(9-5-15)25(27)28)24-22-16-6-10-18(11-7-16)26(29)30/h2-13,21,25-27,29H,1H3. The van der Waals surface area contributed by atoms with E-state index in [-0.39, 0.29) is 17.2 Å². The Balaban J connectivity index is 1.85. The predicted molar refractivity (Wildman–Crippen MR) is 112 cm³/mol. The summed E-state index contributed by atoms with van der Waals surface area (Å²) < 4.78 is 5.16. The van der Waals surface area contributed by atoms with Gasteiger partial charge in [0.05, 0.1) is 18.5 Å². The van der Waals surface area contributed by atoms with Gasteiger partial charge in [-0.1, -0.05) is 0 Å². The Morgan fingerprint density at radius 2 is 1.39 bits per heavy atom. The lowest BCUT2D eigenvalue weighted by atomic mass is 10.2. The maximum Gasteiger partial charge on any atom is 0.201 e. The van der Waals surface area contributed by atoms with Crippen LogP contribution in [0.25, 0.3) is 0 Å². The summed E-state index contributed by atoms with van der Waals surface area (Å²) in [5.41, 5.74) is 4.82. The summed E-state index contributed by atoms with van der Waals surface area (Å²) in [4.78, 5) is 0. The second-order valence-corrected chi connectivity index (χ2v) is 6.21. The third kappa shape index (κ3) is 6.13. The van der Waals surface area contributed by atoms with Crippen molar-refractivity contribution in [2.45, 2.75) is 0 Å². The summed E-state index contributed by atoms with van der Waals surface area (Å²) in [6.07, 6.45) is 0. The van der Waals surface area contributed by atoms with Gasteiger partial charge in [-0.05, 0) is 48.5 Å². The zero-order valence-corrected chi connectivity index (χ0v) is 16.4. The minimum atomic E-state index is -1.03. The number of hydrogen-bond donors (Lipinski definition) is 5. The molecule has 160 valence electrons. The first kappa shape index (κ1) is 22.0. The lowest BCUT2D eigenvalue weighted by Gasteiger charge is -2.11. The highest BCUT2D eigenvalue weighted by Crippen LogP contribution is 2.18. The van der Waals surface area contributed by atoms with E-state index < -0.39 is 10.5 Å². The lowest BCUT2D eigenvalue weighted by molar-refractivity contribution is -0.991. The Labute approximate surface area is 177 Å². The first-order valence-corrected chi connectivity index (χ1v) is 9.03. The zero-order valence-electron chi connectivity index (χ0n) is 16.4. The Bertz CT molecular complexity index is 1040. The van der Waals surface area contributed by atoms with Crippen molar-refractivity contribution in [3.05, 3.63) is 88.8 Å². The molecule has 11 heteroatoms. The average Bonchev–Trinajstić information content (AvgIpc) is 2.80. The van der Waals surface area contributed by atoms with Crippen molar-refractivity contribution in [3.63, 3.8) is 0 Å². The molecule has 0 aliphatic heterocycles. The number of azo groups is 1. The number of hydrazone groups is 1. The Kier molecular flexibility index (Phi) is 7.35. The van der Waals surface area contributed by atoms with E-state index in [4.69, 9.17) is 15.2 Å². The zero-order chi connectivity index (χ0) is 22.2. The predicted octanol–water partition coefficient (Wildman–Crippen LogP) is 2.06. The van der Waals surface area contributed by atoms with Crippen LogP contribution in [0.1, 0.15) is 5.56 Å². The van der Waals surface area contributed by atoms with Gasteiger partial charge in [-0.15, -0.1) is 10.2 Å². The lowest BCUT2D eigenvalue weighted by Crippen LogP contribution is -2.99. The molecule has 11 nitrogen and oxygen atoms in total. The number of hydrogen-bond acceptors (Lipinski definition) is 8. The van der Waals surface area contributed by atoms with E-state index in [9.17, 15) is 10.4 Å². The van der Waals surface area contributed by atoms with E-state index in [1.54, 1.807) is 43.5 Å². The van der Waals surface area contributed by atoms with Crippen LogP contribution in [0.4, 0.5) is 22.7 Å². The molecule has 2 atom stereocenters. The highest BCUT2D eigenvalue weighted by atomic mass is 16.8. The highest BCUT2D eigenvalue weighted by Gasteiger charge is 2.06. The Morgan fingerprint density at radius 3 is 1.90 bits per heavy atom. The molecular weight excluding hydrogens is 404 g/mol. The van der Waals surface area contributed by atoms with Crippen LogP contribution in [0.5, 0.6) is 5.75 Å². The molecule has 5 N–H and O–H groups in total. The van der Waals surface area contributed by atoms with Gasteiger partial charge in [-0.3, -0.25) is 5.43 Å². The number of nitrogens with zero attached hydrogens (tertiary/aromatic N) is 3. The second-order valence-electron chi connectivity index (χ2n) is 6.21. The Morgan fingerprint density at radius 1 is 0.839 bits per heavy atom. The molecule has 0 aliphatic rings. The maximum absolute atomic E-state index is 11.0. The van der Waals surface area contributed by atoms with Crippen molar-refractivity contribution in [1.82, 2.24) is 0 Å². The van der Waals surface area contributed by atoms with Crippen molar-refractivity contribution in [2.24, 2.45) is 15.3 Å². The molecule has 0 heterocycles. The molecule has 0 spiro atoms. The van der Waals surface area contributed by atoms with Crippen LogP contribution in [-0.2, 0) is 0 Å². The van der Waals surface area contributed by atoms with Gasteiger partial charge < -0.3 is 15.2 Å². The molecule has 2 unspecified atom stereocenters. The third-order valence-corrected chi connectivity index (χ3v) is 4.15. The topological polar surface area (TPSA) is 154 Å². The first-order chi connectivity index (χ1) is 15.0. The van der Waals surface area contributed by atoms with Crippen LogP contribution in [0.3, 0.4) is 0 Å². The number of quaternary nitrogens is 2. The van der Waals surface area contributed by atoms with Crippen molar-refractivity contribution in [3.8, 4) is 5.75 Å². The molecule has 0 bridgehead atoms. The molecule has 3 rings (SSSR count). The van der Waals surface area contributed by atoms with Gasteiger partial charge in [-0.2, -0.15) is 15.6 Å². The number of anilines is 1. The van der Waals surface area contributed by atoms with Gasteiger partial charge in [0.15, 0.2) is 11.4 Å². The minimum absolute atomic E-state index is 0.148. The highest BCUT2D eigenvalue weighted by molar-refractivity contribution is 5.99. The van der Waals surface area contributed by atoms with Gasteiger partial charge in [0.25, 0.3) is 0 Å². The van der Waals surface area contributed by atoms with E-state index in [1.807, 2.05) is 0 Å². The Hall–Kier alpha value is -3.71.